The molecule has 2 aromatic heterocycles. The lowest BCUT2D eigenvalue weighted by atomic mass is 10.0. The van der Waals surface area contributed by atoms with E-state index in [1.807, 2.05) is 101 Å². The number of carbonyl (C=O) groups excluding carboxylic acids is 3. The topological polar surface area (TPSA) is 124 Å². The van der Waals surface area contributed by atoms with Crippen molar-refractivity contribution in [2.75, 3.05) is 19.7 Å². The van der Waals surface area contributed by atoms with Crippen molar-refractivity contribution in [2.24, 2.45) is 0 Å². The predicted octanol–water partition coefficient (Wildman–Crippen LogP) is 8.12. The molecule has 2 saturated heterocycles. The molecule has 10 heteroatoms. The SMILES string of the molecule is CCOC(=O)c1nc([C@@H]2CCCN2C(=O)Cc2ccccc2)[nH]c1-c1ccc(-c2ccc(-c3cnc([C@@H]4CCCN4C(=O)Cc4ccccc4)[nH]3)cc2)cc1. The molecular formula is C45H44N6O4. The maximum Gasteiger partial charge on any atom is 0.359 e. The van der Waals surface area contributed by atoms with Crippen LogP contribution >= 0.6 is 0 Å². The van der Waals surface area contributed by atoms with E-state index >= 15 is 0 Å². The van der Waals surface area contributed by atoms with Gasteiger partial charge < -0.3 is 24.5 Å². The van der Waals surface area contributed by atoms with E-state index in [4.69, 9.17) is 14.7 Å². The number of aromatic nitrogens is 4. The van der Waals surface area contributed by atoms with Gasteiger partial charge in [-0.1, -0.05) is 109 Å². The fourth-order valence-electron chi connectivity index (χ4n) is 7.87. The van der Waals surface area contributed by atoms with Crippen molar-refractivity contribution in [2.45, 2.75) is 57.5 Å². The summed E-state index contributed by atoms with van der Waals surface area (Å²) in [6.45, 7) is 3.39. The monoisotopic (exact) mass is 732 g/mol. The second-order valence-electron chi connectivity index (χ2n) is 14.2. The van der Waals surface area contributed by atoms with E-state index in [0.717, 1.165) is 77.1 Å². The molecule has 0 aliphatic carbocycles. The third-order valence-corrected chi connectivity index (χ3v) is 10.7. The van der Waals surface area contributed by atoms with E-state index in [-0.39, 0.29) is 36.2 Å². The van der Waals surface area contributed by atoms with E-state index in [9.17, 15) is 14.4 Å². The number of imidazole rings is 2. The Morgan fingerprint density at radius 3 is 1.71 bits per heavy atom. The zero-order valence-electron chi connectivity index (χ0n) is 30.9. The van der Waals surface area contributed by atoms with Gasteiger partial charge in [0.05, 0.1) is 49.1 Å². The third-order valence-electron chi connectivity index (χ3n) is 10.7. The van der Waals surface area contributed by atoms with E-state index in [0.29, 0.717) is 30.9 Å². The quantitative estimate of drug-likeness (QED) is 0.130. The Labute approximate surface area is 320 Å². The van der Waals surface area contributed by atoms with Crippen molar-refractivity contribution in [3.05, 3.63) is 144 Å². The van der Waals surface area contributed by atoms with Gasteiger partial charge in [-0.05, 0) is 60.4 Å². The standard InChI is InChI=1S/C45H44N6O4/c1-2-55-45(54)42-41(48-44(49-42)38-16-10-26-51(38)40(53)28-31-13-7-4-8-14-31)35-23-19-33(20-24-35)32-17-21-34(22-18-32)36-29-46-43(47-36)37-15-9-25-50(37)39(52)27-30-11-5-3-6-12-30/h3-8,11-14,17-24,29,37-38H,2,9-10,15-16,25-28H2,1H3,(H,46,47)(H,48,49)/t37-,38-/m0/s1. The van der Waals surface area contributed by atoms with Crippen molar-refractivity contribution in [3.8, 4) is 33.6 Å². The summed E-state index contributed by atoms with van der Waals surface area (Å²) in [5.41, 5.74) is 7.56. The Bertz CT molecular complexity index is 2260. The van der Waals surface area contributed by atoms with E-state index in [2.05, 4.69) is 34.2 Å². The fraction of sp³-hybridized carbons (Fsp3) is 0.267. The van der Waals surface area contributed by atoms with Gasteiger partial charge >= 0.3 is 5.97 Å². The first-order chi connectivity index (χ1) is 26.9. The van der Waals surface area contributed by atoms with Crippen LogP contribution < -0.4 is 0 Å². The lowest BCUT2D eigenvalue weighted by molar-refractivity contribution is -0.132. The van der Waals surface area contributed by atoms with Crippen LogP contribution in [0.3, 0.4) is 0 Å². The van der Waals surface area contributed by atoms with Crippen molar-refractivity contribution in [3.63, 3.8) is 0 Å². The smallest absolute Gasteiger partial charge is 0.359 e. The molecular weight excluding hydrogens is 689 g/mol. The molecule has 0 spiro atoms. The van der Waals surface area contributed by atoms with Crippen LogP contribution in [0.5, 0.6) is 0 Å². The molecule has 10 nitrogen and oxygen atoms in total. The summed E-state index contributed by atoms with van der Waals surface area (Å²) in [4.78, 5) is 59.9. The number of nitrogens with one attached hydrogen (secondary N) is 2. The molecule has 278 valence electrons. The second kappa shape index (κ2) is 16.0. The molecule has 2 aliphatic heterocycles. The molecule has 8 rings (SSSR count). The molecule has 2 atom stereocenters. The highest BCUT2D eigenvalue weighted by molar-refractivity contribution is 5.94. The molecule has 0 bridgehead atoms. The van der Waals surface area contributed by atoms with E-state index < -0.39 is 5.97 Å². The van der Waals surface area contributed by atoms with Crippen LogP contribution in [-0.2, 0) is 27.2 Å². The number of esters is 1. The van der Waals surface area contributed by atoms with Crippen LogP contribution in [0.1, 0.15) is 78.0 Å². The minimum Gasteiger partial charge on any atom is -0.461 e. The Balaban J connectivity index is 0.971. The first-order valence-corrected chi connectivity index (χ1v) is 19.1. The van der Waals surface area contributed by atoms with Crippen LogP contribution in [-0.4, -0.2) is 67.2 Å². The van der Waals surface area contributed by atoms with Crippen LogP contribution in [0.4, 0.5) is 0 Å². The number of hydrogen-bond donors (Lipinski definition) is 2. The molecule has 2 fully saturated rings. The van der Waals surface area contributed by atoms with Gasteiger partial charge in [-0.2, -0.15) is 0 Å². The minimum atomic E-state index is -0.499. The van der Waals surface area contributed by atoms with Crippen molar-refractivity contribution < 1.29 is 19.1 Å². The van der Waals surface area contributed by atoms with Crippen LogP contribution in [0.2, 0.25) is 0 Å². The average Bonchev–Trinajstić information content (AvgIpc) is 4.05. The Kier molecular flexibility index (Phi) is 10.4. The number of ether oxygens (including phenoxy) is 1. The Morgan fingerprint density at radius 2 is 1.16 bits per heavy atom. The highest BCUT2D eigenvalue weighted by Gasteiger charge is 2.34. The Hall–Kier alpha value is -6.29. The normalized spacial score (nSPS) is 16.7. The fourth-order valence-corrected chi connectivity index (χ4v) is 7.87. The van der Waals surface area contributed by atoms with Gasteiger partial charge in [-0.3, -0.25) is 9.59 Å². The average molecular weight is 733 g/mol. The van der Waals surface area contributed by atoms with Crippen LogP contribution in [0, 0.1) is 0 Å². The maximum absolute atomic E-state index is 13.4. The van der Waals surface area contributed by atoms with Gasteiger partial charge in [0.2, 0.25) is 11.8 Å². The first-order valence-electron chi connectivity index (χ1n) is 19.1. The summed E-state index contributed by atoms with van der Waals surface area (Å²) in [5, 5.41) is 0. The maximum atomic E-state index is 13.4. The predicted molar refractivity (Wildman–Crippen MR) is 211 cm³/mol. The first kappa shape index (κ1) is 35.7. The number of hydrogen-bond acceptors (Lipinski definition) is 6. The molecule has 4 aromatic carbocycles. The number of nitrogens with zero attached hydrogens (tertiary/aromatic N) is 4. The number of carbonyl (C=O) groups is 3. The highest BCUT2D eigenvalue weighted by Crippen LogP contribution is 2.36. The molecule has 2 N–H and O–H groups in total. The summed E-state index contributed by atoms with van der Waals surface area (Å²) < 4.78 is 5.40. The number of aromatic amines is 2. The summed E-state index contributed by atoms with van der Waals surface area (Å²) in [5.74, 6) is 1.08. The van der Waals surface area contributed by atoms with Crippen molar-refractivity contribution in [1.82, 2.24) is 29.7 Å². The van der Waals surface area contributed by atoms with E-state index in [1.54, 1.807) is 6.92 Å². The summed E-state index contributed by atoms with van der Waals surface area (Å²) in [7, 11) is 0. The highest BCUT2D eigenvalue weighted by atomic mass is 16.5. The van der Waals surface area contributed by atoms with Crippen molar-refractivity contribution in [1.29, 1.82) is 0 Å². The molecule has 2 aliphatic rings. The molecule has 4 heterocycles. The van der Waals surface area contributed by atoms with Crippen LogP contribution in [0.25, 0.3) is 33.6 Å². The van der Waals surface area contributed by atoms with Crippen LogP contribution in [0.15, 0.2) is 115 Å². The molecule has 0 unspecified atom stereocenters. The van der Waals surface area contributed by atoms with Gasteiger partial charge in [-0.25, -0.2) is 14.8 Å². The lowest BCUT2D eigenvalue weighted by Gasteiger charge is -2.23. The number of amides is 2. The van der Waals surface area contributed by atoms with Gasteiger partial charge in [0.25, 0.3) is 0 Å². The number of H-pyrrole nitrogens is 2. The third kappa shape index (κ3) is 7.71. The summed E-state index contributed by atoms with van der Waals surface area (Å²) in [6, 6.07) is 35.6. The van der Waals surface area contributed by atoms with Gasteiger partial charge in [0.15, 0.2) is 5.69 Å². The number of rotatable bonds is 11. The van der Waals surface area contributed by atoms with Gasteiger partial charge in [0.1, 0.15) is 11.6 Å². The largest absolute Gasteiger partial charge is 0.461 e. The van der Waals surface area contributed by atoms with Gasteiger partial charge in [0, 0.05) is 18.7 Å². The molecule has 6 aromatic rings. The Morgan fingerprint density at radius 1 is 0.655 bits per heavy atom. The van der Waals surface area contributed by atoms with Gasteiger partial charge in [-0.15, -0.1) is 0 Å². The zero-order chi connectivity index (χ0) is 37.7. The molecule has 2 amide bonds. The minimum absolute atomic E-state index is 0.0409. The molecule has 55 heavy (non-hydrogen) atoms. The molecule has 0 radical (unpaired) electrons. The summed E-state index contributed by atoms with van der Waals surface area (Å²) >= 11 is 0. The second-order valence-corrected chi connectivity index (χ2v) is 14.2. The van der Waals surface area contributed by atoms with Crippen molar-refractivity contribution >= 4 is 17.8 Å². The number of benzene rings is 4. The van der Waals surface area contributed by atoms with E-state index in [1.165, 1.54) is 0 Å². The zero-order valence-corrected chi connectivity index (χ0v) is 30.9. The molecule has 0 saturated carbocycles. The number of likely N-dealkylation sites (tertiary alicyclic amines) is 2. The lowest BCUT2D eigenvalue weighted by Crippen LogP contribution is -2.32. The summed E-state index contributed by atoms with van der Waals surface area (Å²) in [6.07, 6.45) is 6.02.